The van der Waals surface area contributed by atoms with Gasteiger partial charge >= 0.3 is 5.97 Å². The fourth-order valence-corrected chi connectivity index (χ4v) is 2.85. The first-order chi connectivity index (χ1) is 12.0. The zero-order valence-corrected chi connectivity index (χ0v) is 13.9. The van der Waals surface area contributed by atoms with Crippen LogP contribution in [0.2, 0.25) is 0 Å². The van der Waals surface area contributed by atoms with E-state index < -0.39 is 5.97 Å². The molecule has 0 spiro atoms. The van der Waals surface area contributed by atoms with Crippen molar-refractivity contribution in [2.45, 2.75) is 13.3 Å². The van der Waals surface area contributed by atoms with Gasteiger partial charge in [-0.2, -0.15) is 0 Å². The smallest absolute Gasteiger partial charge is 0.337 e. The number of para-hydroxylation sites is 1. The van der Waals surface area contributed by atoms with Gasteiger partial charge < -0.3 is 20.1 Å². The highest BCUT2D eigenvalue weighted by molar-refractivity contribution is 6.02. The molecule has 0 atom stereocenters. The minimum absolute atomic E-state index is 0.0631. The fraction of sp³-hybridized carbons (Fsp3) is 0.158. The third-order valence-electron chi connectivity index (χ3n) is 4.10. The molecule has 1 aromatic heterocycles. The number of H-pyrrole nitrogens is 1. The van der Waals surface area contributed by atoms with Crippen molar-refractivity contribution in [1.29, 1.82) is 0 Å². The van der Waals surface area contributed by atoms with E-state index in [0.717, 1.165) is 22.2 Å². The maximum Gasteiger partial charge on any atom is 0.337 e. The van der Waals surface area contributed by atoms with Crippen LogP contribution >= 0.6 is 0 Å². The molecule has 2 aromatic carbocycles. The molecule has 0 aliphatic carbocycles. The molecule has 1 amide bonds. The molecule has 1 heterocycles. The molecular weight excluding hydrogens is 320 g/mol. The van der Waals surface area contributed by atoms with E-state index in [1.54, 1.807) is 25.3 Å². The summed E-state index contributed by atoms with van der Waals surface area (Å²) in [6.45, 7) is 1.90. The summed E-state index contributed by atoms with van der Waals surface area (Å²) in [4.78, 5) is 27.0. The van der Waals surface area contributed by atoms with Gasteiger partial charge in [0, 0.05) is 16.6 Å². The number of carboxylic acids is 1. The third kappa shape index (κ3) is 3.33. The number of aromatic nitrogens is 1. The lowest BCUT2D eigenvalue weighted by atomic mass is 10.1. The number of nitrogens with one attached hydrogen (secondary N) is 2. The standard InChI is InChI=1S/C19H18N2O4/c1-11-14(15-9-12(25-2)7-8-17(15)20-11)10-18(22)21-16-6-4-3-5-13(16)19(23)24/h3-9,20H,10H2,1-2H3,(H,21,22)(H,23,24). The molecule has 0 radical (unpaired) electrons. The maximum atomic E-state index is 12.5. The summed E-state index contributed by atoms with van der Waals surface area (Å²) >= 11 is 0. The van der Waals surface area contributed by atoms with E-state index in [9.17, 15) is 14.7 Å². The van der Waals surface area contributed by atoms with Crippen LogP contribution < -0.4 is 10.1 Å². The maximum absolute atomic E-state index is 12.5. The van der Waals surface area contributed by atoms with Gasteiger partial charge in [-0.05, 0) is 42.8 Å². The van der Waals surface area contributed by atoms with Crippen molar-refractivity contribution in [1.82, 2.24) is 4.98 Å². The Bertz CT molecular complexity index is 959. The molecule has 0 unspecified atom stereocenters. The Kier molecular flexibility index (Phi) is 4.43. The van der Waals surface area contributed by atoms with Crippen molar-refractivity contribution in [2.24, 2.45) is 0 Å². The number of carboxylic acid groups (broad SMARTS) is 1. The van der Waals surface area contributed by atoms with Crippen LogP contribution in [-0.2, 0) is 11.2 Å². The topological polar surface area (TPSA) is 91.4 Å². The number of aromatic carboxylic acids is 1. The van der Waals surface area contributed by atoms with Crippen molar-refractivity contribution in [3.05, 3.63) is 59.3 Å². The SMILES string of the molecule is COc1ccc2[nH]c(C)c(CC(=O)Nc3ccccc3C(=O)O)c2c1. The summed E-state index contributed by atoms with van der Waals surface area (Å²) in [5.41, 5.74) is 3.03. The van der Waals surface area contributed by atoms with Gasteiger partial charge in [0.15, 0.2) is 0 Å². The first kappa shape index (κ1) is 16.6. The Morgan fingerprint density at radius 3 is 2.68 bits per heavy atom. The molecule has 0 bridgehead atoms. The third-order valence-corrected chi connectivity index (χ3v) is 4.10. The number of methoxy groups -OCH3 is 1. The second-order valence-corrected chi connectivity index (χ2v) is 5.72. The van der Waals surface area contributed by atoms with E-state index in [1.165, 1.54) is 6.07 Å². The zero-order valence-electron chi connectivity index (χ0n) is 13.9. The molecule has 3 rings (SSSR count). The predicted octanol–water partition coefficient (Wildman–Crippen LogP) is 3.36. The van der Waals surface area contributed by atoms with Gasteiger partial charge in [-0.15, -0.1) is 0 Å². The van der Waals surface area contributed by atoms with Crippen molar-refractivity contribution in [3.8, 4) is 5.75 Å². The summed E-state index contributed by atoms with van der Waals surface area (Å²) in [6, 6.07) is 12.0. The van der Waals surface area contributed by atoms with Gasteiger partial charge in [-0.25, -0.2) is 4.79 Å². The molecule has 0 aliphatic rings. The highest BCUT2D eigenvalue weighted by Crippen LogP contribution is 2.27. The molecule has 3 N–H and O–H groups in total. The zero-order chi connectivity index (χ0) is 18.0. The van der Waals surface area contributed by atoms with Gasteiger partial charge in [0.2, 0.25) is 5.91 Å². The lowest BCUT2D eigenvalue weighted by Crippen LogP contribution is -2.17. The van der Waals surface area contributed by atoms with Crippen LogP contribution in [0.25, 0.3) is 10.9 Å². The van der Waals surface area contributed by atoms with Crippen molar-refractivity contribution >= 4 is 28.5 Å². The van der Waals surface area contributed by atoms with Gasteiger partial charge in [0.1, 0.15) is 5.75 Å². The molecule has 6 heteroatoms. The Balaban J connectivity index is 1.88. The van der Waals surface area contributed by atoms with Crippen LogP contribution in [0.3, 0.4) is 0 Å². The Morgan fingerprint density at radius 1 is 1.20 bits per heavy atom. The number of amides is 1. The number of benzene rings is 2. The van der Waals surface area contributed by atoms with Crippen molar-refractivity contribution in [3.63, 3.8) is 0 Å². The van der Waals surface area contributed by atoms with Crippen molar-refractivity contribution in [2.75, 3.05) is 12.4 Å². The molecule has 0 saturated heterocycles. The molecule has 0 saturated carbocycles. The van der Waals surface area contributed by atoms with E-state index >= 15 is 0 Å². The van der Waals surface area contributed by atoms with E-state index in [-0.39, 0.29) is 23.6 Å². The first-order valence-corrected chi connectivity index (χ1v) is 7.77. The molecule has 128 valence electrons. The molecule has 0 aliphatic heterocycles. The second-order valence-electron chi connectivity index (χ2n) is 5.72. The van der Waals surface area contributed by atoms with Gasteiger partial charge in [0.05, 0.1) is 24.8 Å². The quantitative estimate of drug-likeness (QED) is 0.665. The highest BCUT2D eigenvalue weighted by atomic mass is 16.5. The number of fused-ring (bicyclic) bond motifs is 1. The number of rotatable bonds is 5. The van der Waals surface area contributed by atoms with Crippen LogP contribution in [0.5, 0.6) is 5.75 Å². The predicted molar refractivity (Wildman–Crippen MR) is 95.3 cm³/mol. The highest BCUT2D eigenvalue weighted by Gasteiger charge is 2.16. The minimum Gasteiger partial charge on any atom is -0.497 e. The van der Waals surface area contributed by atoms with E-state index in [2.05, 4.69) is 10.3 Å². The lowest BCUT2D eigenvalue weighted by Gasteiger charge is -2.08. The van der Waals surface area contributed by atoms with Crippen LogP contribution in [-0.4, -0.2) is 29.1 Å². The summed E-state index contributed by atoms with van der Waals surface area (Å²) in [7, 11) is 1.59. The number of hydrogen-bond donors (Lipinski definition) is 3. The van der Waals surface area contributed by atoms with Crippen LogP contribution in [0.1, 0.15) is 21.6 Å². The Morgan fingerprint density at radius 2 is 1.96 bits per heavy atom. The summed E-state index contributed by atoms with van der Waals surface area (Å²) < 4.78 is 5.25. The van der Waals surface area contributed by atoms with E-state index in [4.69, 9.17) is 4.74 Å². The normalized spacial score (nSPS) is 10.6. The van der Waals surface area contributed by atoms with Gasteiger partial charge in [0.25, 0.3) is 0 Å². The first-order valence-electron chi connectivity index (χ1n) is 7.77. The largest absolute Gasteiger partial charge is 0.497 e. The summed E-state index contributed by atoms with van der Waals surface area (Å²) in [5, 5.41) is 12.8. The average molecular weight is 338 g/mol. The fourth-order valence-electron chi connectivity index (χ4n) is 2.85. The number of carbonyl (C=O) groups is 2. The number of aromatic amines is 1. The monoisotopic (exact) mass is 338 g/mol. The lowest BCUT2D eigenvalue weighted by molar-refractivity contribution is -0.115. The van der Waals surface area contributed by atoms with Gasteiger partial charge in [-0.1, -0.05) is 12.1 Å². The molecule has 25 heavy (non-hydrogen) atoms. The summed E-state index contributed by atoms with van der Waals surface area (Å²) in [6.07, 6.45) is 0.132. The Hall–Kier alpha value is -3.28. The molecule has 3 aromatic rings. The minimum atomic E-state index is -1.08. The summed E-state index contributed by atoms with van der Waals surface area (Å²) in [5.74, 6) is -0.645. The van der Waals surface area contributed by atoms with Crippen molar-refractivity contribution < 1.29 is 19.4 Å². The molecule has 6 nitrogen and oxygen atoms in total. The Labute approximate surface area is 144 Å². The van der Waals surface area contributed by atoms with E-state index in [0.29, 0.717) is 5.75 Å². The van der Waals surface area contributed by atoms with E-state index in [1.807, 2.05) is 25.1 Å². The average Bonchev–Trinajstić information content (AvgIpc) is 2.90. The number of aryl methyl sites for hydroxylation is 1. The molecular formula is C19H18N2O4. The second kappa shape index (κ2) is 6.68. The number of anilines is 1. The number of hydrogen-bond acceptors (Lipinski definition) is 3. The van der Waals surface area contributed by atoms with Crippen LogP contribution in [0.4, 0.5) is 5.69 Å². The van der Waals surface area contributed by atoms with Crippen LogP contribution in [0.15, 0.2) is 42.5 Å². The van der Waals surface area contributed by atoms with Crippen LogP contribution in [0, 0.1) is 6.92 Å². The molecule has 0 fully saturated rings. The number of carbonyl (C=O) groups excluding carboxylic acids is 1. The van der Waals surface area contributed by atoms with Gasteiger partial charge in [-0.3, -0.25) is 4.79 Å². The number of ether oxygens (including phenoxy) is 1.